The summed E-state index contributed by atoms with van der Waals surface area (Å²) in [6, 6.07) is 0. The summed E-state index contributed by atoms with van der Waals surface area (Å²) in [5.41, 5.74) is 3.57. The lowest BCUT2D eigenvalue weighted by Crippen LogP contribution is -1.73. The minimum absolute atomic E-state index is 0.639. The Hall–Kier alpha value is 0.434. The van der Waals surface area contributed by atoms with Gasteiger partial charge in [0, 0.05) is 0 Å². The molecule has 0 aromatic carbocycles. The maximum atomic E-state index is 1.79. The first-order valence-electron chi connectivity index (χ1n) is 1.66. The minimum atomic E-state index is 0.639. The second-order valence-corrected chi connectivity index (χ2v) is 11.0. The van der Waals surface area contributed by atoms with E-state index >= 15 is 0 Å². The molecule has 20 valence electrons. The van der Waals surface area contributed by atoms with E-state index in [0.717, 1.165) is 0 Å². The number of hydrogen-bond acceptors (Lipinski definition) is 0. The fraction of sp³-hybridized carbons (Fsp3) is 1.00. The number of hydrogen-bond donors (Lipinski definition) is 0. The fourth-order valence-corrected chi connectivity index (χ4v) is 7.87. The lowest BCUT2D eigenvalue weighted by atomic mass is 11.8. The van der Waals surface area contributed by atoms with Crippen molar-refractivity contribution in [2.45, 2.75) is 11.3 Å². The van der Waals surface area contributed by atoms with E-state index in [1.54, 1.807) is 11.3 Å². The molecule has 0 radical (unpaired) electrons. The van der Waals surface area contributed by atoms with Gasteiger partial charge in [-0.25, -0.2) is 0 Å². The van der Waals surface area contributed by atoms with Crippen LogP contribution in [0.1, 0.15) is 0 Å². The van der Waals surface area contributed by atoms with Crippen molar-refractivity contribution in [3.05, 3.63) is 0 Å². The molecule has 0 bridgehead atoms. The molecule has 0 amide bonds. The summed E-state index contributed by atoms with van der Waals surface area (Å²) in [6.07, 6.45) is 0. The molecule has 0 aliphatic carbocycles. The smallest absolute Gasteiger partial charge is 0.0117 e. The Labute approximate surface area is 28.0 Å². The second kappa shape index (κ2) is 0.286. The van der Waals surface area contributed by atoms with Crippen LogP contribution in [-0.4, -0.2) is 15.8 Å². The van der Waals surface area contributed by atoms with Crippen molar-refractivity contribution in [3.8, 4) is 0 Å². The van der Waals surface area contributed by atoms with Crippen LogP contribution >= 0.6 is 0 Å². The Morgan fingerprint density at radius 1 is 1.00 bits per heavy atom. The maximum Gasteiger partial charge on any atom is -0.0117 e. The average Bonchev–Trinajstić information content (AvgIpc) is 1.36. The van der Waals surface area contributed by atoms with Crippen LogP contribution in [0.25, 0.3) is 0 Å². The van der Waals surface area contributed by atoms with Gasteiger partial charge in [-0.2, -0.15) is 0 Å². The van der Waals surface area contributed by atoms with Gasteiger partial charge in [0.15, 0.2) is 0 Å². The molecule has 2 heterocycles. The van der Waals surface area contributed by atoms with Gasteiger partial charge < -0.3 is 0 Å². The molecule has 0 aromatic heterocycles. The van der Waals surface area contributed by atoms with E-state index in [1.807, 2.05) is 0 Å². The monoisotopic (exact) mass is 84.0 g/mol. The molecule has 0 unspecified atom stereocenters. The summed E-state index contributed by atoms with van der Waals surface area (Å²) < 4.78 is 0. The van der Waals surface area contributed by atoms with Crippen LogP contribution < -0.4 is 0 Å². The highest BCUT2D eigenvalue weighted by Crippen LogP contribution is 2.27. The van der Waals surface area contributed by atoms with Crippen LogP contribution in [0.4, 0.5) is 0 Å². The van der Waals surface area contributed by atoms with Gasteiger partial charge in [0.25, 0.3) is 0 Å². The van der Waals surface area contributed by atoms with Crippen molar-refractivity contribution in [2.75, 3.05) is 0 Å². The molecule has 0 nitrogen and oxygen atoms in total. The molecule has 2 aliphatic heterocycles. The summed E-state index contributed by atoms with van der Waals surface area (Å²) in [5, 5.41) is 0. The van der Waals surface area contributed by atoms with Crippen molar-refractivity contribution in [3.63, 3.8) is 0 Å². The Morgan fingerprint density at radius 2 is 1.25 bits per heavy atom. The highest BCUT2D eigenvalue weighted by Gasteiger charge is 2.36. The SMILES string of the molecule is C1[Si]2=[Si]1C2. The van der Waals surface area contributed by atoms with Crippen LogP contribution in [0.5, 0.6) is 0 Å². The molecule has 0 N–H and O–H groups in total. The third-order valence-corrected chi connectivity index (χ3v) is 9.93. The van der Waals surface area contributed by atoms with Crippen LogP contribution in [0.3, 0.4) is 0 Å². The van der Waals surface area contributed by atoms with Crippen LogP contribution in [0, 0.1) is 0 Å². The van der Waals surface area contributed by atoms with Gasteiger partial charge in [-0.3, -0.25) is 0 Å². The fourth-order valence-electron chi connectivity index (χ4n) is 0.375. The highest BCUT2D eigenvalue weighted by atomic mass is 29.0. The van der Waals surface area contributed by atoms with E-state index in [0.29, 0.717) is 15.8 Å². The lowest BCUT2D eigenvalue weighted by Gasteiger charge is -1.71. The molecule has 2 rings (SSSR count). The van der Waals surface area contributed by atoms with Gasteiger partial charge in [0.2, 0.25) is 0 Å². The zero-order chi connectivity index (χ0) is 2.57. The van der Waals surface area contributed by atoms with Gasteiger partial charge >= 0.3 is 0 Å². The van der Waals surface area contributed by atoms with E-state index in [2.05, 4.69) is 0 Å². The summed E-state index contributed by atoms with van der Waals surface area (Å²) in [6.45, 7) is 0. The number of rotatable bonds is 0. The van der Waals surface area contributed by atoms with Crippen molar-refractivity contribution in [1.82, 2.24) is 0 Å². The van der Waals surface area contributed by atoms with Gasteiger partial charge in [0.1, 0.15) is 0 Å². The van der Waals surface area contributed by atoms with Gasteiger partial charge in [-0.15, -0.1) is 0 Å². The zero-order valence-electron chi connectivity index (χ0n) is 2.41. The Kier molecular flexibility index (Phi) is 0.127. The summed E-state index contributed by atoms with van der Waals surface area (Å²) in [7, 11) is 1.28. The first-order valence-corrected chi connectivity index (χ1v) is 6.49. The van der Waals surface area contributed by atoms with E-state index < -0.39 is 0 Å². The topological polar surface area (TPSA) is 0 Å². The molecule has 2 heteroatoms. The zero-order valence-corrected chi connectivity index (χ0v) is 4.41. The normalized spacial score (nSPS) is 30.0. The van der Waals surface area contributed by atoms with E-state index in [1.165, 1.54) is 0 Å². The van der Waals surface area contributed by atoms with Crippen molar-refractivity contribution in [1.29, 1.82) is 0 Å². The van der Waals surface area contributed by atoms with Crippen LogP contribution in [-0.2, 0) is 0 Å². The molecular weight excluding hydrogens is 80.2 g/mol. The third-order valence-electron chi connectivity index (χ3n) is 1.10. The van der Waals surface area contributed by atoms with Gasteiger partial charge in [-0.05, 0) is 27.1 Å². The standard InChI is InChI=1S/C2H4Si2/c1-3-2-4(1)3/h1-2H2. The molecule has 0 atom stereocenters. The van der Waals surface area contributed by atoms with Crippen LogP contribution in [0.2, 0.25) is 11.3 Å². The largest absolute Gasteiger partial charge is 0.0423 e. The molecule has 0 aromatic rings. The van der Waals surface area contributed by atoms with E-state index in [4.69, 9.17) is 0 Å². The third kappa shape index (κ3) is 0.0703. The van der Waals surface area contributed by atoms with Gasteiger partial charge in [0.05, 0.1) is 0 Å². The first kappa shape index (κ1) is 1.77. The van der Waals surface area contributed by atoms with E-state index in [9.17, 15) is 0 Å². The van der Waals surface area contributed by atoms with Crippen LogP contribution in [0.15, 0.2) is 0 Å². The lowest BCUT2D eigenvalue weighted by molar-refractivity contribution is 1.83. The molecule has 0 spiro atoms. The van der Waals surface area contributed by atoms with Gasteiger partial charge in [-0.1, -0.05) is 0 Å². The molecule has 4 heavy (non-hydrogen) atoms. The first-order chi connectivity index (χ1) is 1.97. The Bertz CT molecular complexity index is 72.2. The minimum Gasteiger partial charge on any atom is -0.0423 e. The van der Waals surface area contributed by atoms with Crippen molar-refractivity contribution >= 4 is 15.8 Å². The average molecular weight is 84.2 g/mol. The predicted octanol–water partition coefficient (Wildman–Crippen LogP) is 0.160. The quantitative estimate of drug-likeness (QED) is 0.367. The molecule has 0 saturated heterocycles. The summed E-state index contributed by atoms with van der Waals surface area (Å²) >= 11 is 0. The highest BCUT2D eigenvalue weighted by molar-refractivity contribution is 7.32. The maximum absolute atomic E-state index is 1.79. The molecule has 0 fully saturated rings. The molecule has 0 saturated carbocycles. The second-order valence-electron chi connectivity index (χ2n) is 1.56. The molecular formula is C2H4Si2. The predicted molar refractivity (Wildman–Crippen MR) is 21.1 cm³/mol. The van der Waals surface area contributed by atoms with Crippen molar-refractivity contribution in [2.24, 2.45) is 0 Å². The molecule has 2 aliphatic rings. The van der Waals surface area contributed by atoms with Crippen molar-refractivity contribution < 1.29 is 0 Å². The summed E-state index contributed by atoms with van der Waals surface area (Å²) in [5.74, 6) is 0. The Morgan fingerprint density at radius 3 is 1.25 bits per heavy atom. The Balaban J connectivity index is 2.77. The van der Waals surface area contributed by atoms with E-state index in [-0.39, 0.29) is 0 Å². The summed E-state index contributed by atoms with van der Waals surface area (Å²) in [4.78, 5) is 0.